The van der Waals surface area contributed by atoms with Gasteiger partial charge < -0.3 is 20.4 Å². The van der Waals surface area contributed by atoms with Gasteiger partial charge in [-0.2, -0.15) is 0 Å². The van der Waals surface area contributed by atoms with Crippen molar-refractivity contribution < 1.29 is 9.18 Å². The van der Waals surface area contributed by atoms with Crippen molar-refractivity contribution in [2.45, 2.75) is 25.8 Å². The normalized spacial score (nSPS) is 17.3. The molecule has 7 heteroatoms. The van der Waals surface area contributed by atoms with Crippen molar-refractivity contribution in [1.82, 2.24) is 10.2 Å². The fourth-order valence-electron chi connectivity index (χ4n) is 4.02. The van der Waals surface area contributed by atoms with E-state index in [0.29, 0.717) is 6.54 Å². The number of amides is 1. The standard InChI is InChI=1S/C24H30FN5O/c1-26-24(30-14-12-29(13-15-30)22-10-8-20(25)9-11-22)27-17-18-4-2-7-21(16-18)28-23(31)19-5-3-6-19/h2,4,7-11,16,19H,3,5-6,12-15,17H2,1H3,(H,26,27)(H,28,31). The molecule has 2 aromatic rings. The number of guanidine groups is 1. The summed E-state index contributed by atoms with van der Waals surface area (Å²) in [6.45, 7) is 4.03. The number of carbonyl (C=O) groups excluding carboxylic acids is 1. The molecule has 1 aliphatic heterocycles. The molecule has 1 amide bonds. The zero-order valence-corrected chi connectivity index (χ0v) is 18.0. The van der Waals surface area contributed by atoms with Gasteiger partial charge in [-0.15, -0.1) is 0 Å². The first-order valence-corrected chi connectivity index (χ1v) is 11.0. The Morgan fingerprint density at radius 3 is 2.48 bits per heavy atom. The molecule has 2 aliphatic rings. The Bertz CT molecular complexity index is 918. The molecule has 0 spiro atoms. The number of aliphatic imine (C=N–C) groups is 1. The molecule has 1 saturated carbocycles. The molecule has 0 bridgehead atoms. The lowest BCUT2D eigenvalue weighted by Gasteiger charge is -2.37. The van der Waals surface area contributed by atoms with Crippen LogP contribution in [0.2, 0.25) is 0 Å². The Balaban J connectivity index is 1.28. The molecule has 0 unspecified atom stereocenters. The maximum Gasteiger partial charge on any atom is 0.227 e. The van der Waals surface area contributed by atoms with Crippen molar-refractivity contribution in [3.8, 4) is 0 Å². The highest BCUT2D eigenvalue weighted by Gasteiger charge is 2.25. The summed E-state index contributed by atoms with van der Waals surface area (Å²) in [4.78, 5) is 21.1. The van der Waals surface area contributed by atoms with Gasteiger partial charge in [-0.1, -0.05) is 18.6 Å². The SMILES string of the molecule is CN=C(NCc1cccc(NC(=O)C2CCC2)c1)N1CCN(c2ccc(F)cc2)CC1. The smallest absolute Gasteiger partial charge is 0.227 e. The lowest BCUT2D eigenvalue weighted by atomic mass is 9.85. The van der Waals surface area contributed by atoms with Crippen molar-refractivity contribution in [2.24, 2.45) is 10.9 Å². The Hall–Kier alpha value is -3.09. The van der Waals surface area contributed by atoms with Crippen molar-refractivity contribution in [3.63, 3.8) is 0 Å². The maximum atomic E-state index is 13.2. The van der Waals surface area contributed by atoms with Gasteiger partial charge in [0.15, 0.2) is 5.96 Å². The Labute approximate surface area is 183 Å². The largest absolute Gasteiger partial charge is 0.368 e. The monoisotopic (exact) mass is 423 g/mol. The molecule has 2 N–H and O–H groups in total. The number of anilines is 2. The molecule has 0 aromatic heterocycles. The zero-order valence-electron chi connectivity index (χ0n) is 18.0. The van der Waals surface area contributed by atoms with E-state index in [-0.39, 0.29) is 17.6 Å². The summed E-state index contributed by atoms with van der Waals surface area (Å²) in [7, 11) is 1.80. The van der Waals surface area contributed by atoms with Gasteiger partial charge in [0.25, 0.3) is 0 Å². The maximum absolute atomic E-state index is 13.2. The summed E-state index contributed by atoms with van der Waals surface area (Å²) >= 11 is 0. The highest BCUT2D eigenvalue weighted by molar-refractivity contribution is 5.93. The number of carbonyl (C=O) groups is 1. The summed E-state index contributed by atoms with van der Waals surface area (Å²) in [5.74, 6) is 0.960. The van der Waals surface area contributed by atoms with Crippen LogP contribution >= 0.6 is 0 Å². The Morgan fingerprint density at radius 1 is 1.10 bits per heavy atom. The number of piperazine rings is 1. The summed E-state index contributed by atoms with van der Waals surface area (Å²) < 4.78 is 13.2. The Kier molecular flexibility index (Phi) is 6.70. The molecule has 4 rings (SSSR count). The van der Waals surface area contributed by atoms with Gasteiger partial charge >= 0.3 is 0 Å². The predicted octanol–water partition coefficient (Wildman–Crippen LogP) is 3.46. The van der Waals surface area contributed by atoms with Crippen LogP contribution in [0.4, 0.5) is 15.8 Å². The van der Waals surface area contributed by atoms with Gasteiger partial charge in [-0.3, -0.25) is 9.79 Å². The molecular weight excluding hydrogens is 393 g/mol. The van der Waals surface area contributed by atoms with E-state index < -0.39 is 0 Å². The first-order valence-electron chi connectivity index (χ1n) is 11.0. The molecule has 164 valence electrons. The molecule has 6 nitrogen and oxygen atoms in total. The molecule has 31 heavy (non-hydrogen) atoms. The fraction of sp³-hybridized carbons (Fsp3) is 0.417. The van der Waals surface area contributed by atoms with Crippen molar-refractivity contribution in [1.29, 1.82) is 0 Å². The van der Waals surface area contributed by atoms with E-state index in [1.807, 2.05) is 36.4 Å². The fourth-order valence-corrected chi connectivity index (χ4v) is 4.02. The molecule has 2 aromatic carbocycles. The second kappa shape index (κ2) is 9.81. The van der Waals surface area contributed by atoms with Crippen LogP contribution in [0.15, 0.2) is 53.5 Å². The van der Waals surface area contributed by atoms with Crippen molar-refractivity contribution in [3.05, 3.63) is 59.9 Å². The molecule has 0 radical (unpaired) electrons. The van der Waals surface area contributed by atoms with Gasteiger partial charge in [0, 0.05) is 57.1 Å². The lowest BCUT2D eigenvalue weighted by Crippen LogP contribution is -2.52. The highest BCUT2D eigenvalue weighted by atomic mass is 19.1. The highest BCUT2D eigenvalue weighted by Crippen LogP contribution is 2.27. The van der Waals surface area contributed by atoms with Crippen molar-refractivity contribution in [2.75, 3.05) is 43.4 Å². The van der Waals surface area contributed by atoms with Gasteiger partial charge in [0.1, 0.15) is 5.82 Å². The minimum Gasteiger partial charge on any atom is -0.368 e. The minimum absolute atomic E-state index is 0.131. The van der Waals surface area contributed by atoms with Crippen molar-refractivity contribution >= 4 is 23.2 Å². The summed E-state index contributed by atoms with van der Waals surface area (Å²) in [6.07, 6.45) is 3.15. The van der Waals surface area contributed by atoms with E-state index in [0.717, 1.165) is 68.3 Å². The summed E-state index contributed by atoms with van der Waals surface area (Å²) in [5.41, 5.74) is 2.99. The van der Waals surface area contributed by atoms with Gasteiger partial charge in [0.2, 0.25) is 5.91 Å². The number of hydrogen-bond acceptors (Lipinski definition) is 3. The molecule has 1 saturated heterocycles. The molecule has 2 fully saturated rings. The third-order valence-corrected chi connectivity index (χ3v) is 6.10. The van der Waals surface area contributed by atoms with E-state index in [4.69, 9.17) is 0 Å². The average Bonchev–Trinajstić information content (AvgIpc) is 2.74. The molecule has 1 aliphatic carbocycles. The van der Waals surface area contributed by atoms with Crippen LogP contribution in [-0.2, 0) is 11.3 Å². The first kappa shape index (κ1) is 21.2. The van der Waals surface area contributed by atoms with Gasteiger partial charge in [0.05, 0.1) is 0 Å². The van der Waals surface area contributed by atoms with Crippen LogP contribution in [-0.4, -0.2) is 50.0 Å². The van der Waals surface area contributed by atoms with Crippen LogP contribution in [0.1, 0.15) is 24.8 Å². The molecule has 1 heterocycles. The predicted molar refractivity (Wildman–Crippen MR) is 123 cm³/mol. The van der Waals surface area contributed by atoms with Crippen LogP contribution < -0.4 is 15.5 Å². The number of halogens is 1. The second-order valence-corrected chi connectivity index (χ2v) is 8.17. The van der Waals surface area contributed by atoms with E-state index in [2.05, 4.69) is 25.4 Å². The third kappa shape index (κ3) is 5.34. The molecule has 0 atom stereocenters. The number of rotatable bonds is 5. The minimum atomic E-state index is -0.210. The zero-order chi connectivity index (χ0) is 21.6. The van der Waals surface area contributed by atoms with E-state index in [1.165, 1.54) is 12.1 Å². The quantitative estimate of drug-likeness (QED) is 0.571. The Morgan fingerprint density at radius 2 is 1.84 bits per heavy atom. The van der Waals surface area contributed by atoms with Crippen LogP contribution in [0.3, 0.4) is 0 Å². The van der Waals surface area contributed by atoms with Crippen LogP contribution in [0.5, 0.6) is 0 Å². The summed E-state index contributed by atoms with van der Waals surface area (Å²) in [6, 6.07) is 14.6. The van der Waals surface area contributed by atoms with E-state index >= 15 is 0 Å². The third-order valence-electron chi connectivity index (χ3n) is 6.10. The number of benzene rings is 2. The topological polar surface area (TPSA) is 60.0 Å². The first-order chi connectivity index (χ1) is 15.1. The number of nitrogens with zero attached hydrogens (tertiary/aromatic N) is 3. The van der Waals surface area contributed by atoms with E-state index in [1.54, 1.807) is 7.05 Å². The molecular formula is C24H30FN5O. The van der Waals surface area contributed by atoms with Crippen LogP contribution in [0.25, 0.3) is 0 Å². The van der Waals surface area contributed by atoms with Gasteiger partial charge in [-0.25, -0.2) is 4.39 Å². The number of hydrogen-bond donors (Lipinski definition) is 2. The summed E-state index contributed by atoms with van der Waals surface area (Å²) in [5, 5.41) is 6.48. The van der Waals surface area contributed by atoms with Gasteiger partial charge in [-0.05, 0) is 54.8 Å². The number of nitrogens with one attached hydrogen (secondary N) is 2. The lowest BCUT2D eigenvalue weighted by molar-refractivity contribution is -0.122. The van der Waals surface area contributed by atoms with Crippen LogP contribution in [0, 0.1) is 11.7 Å². The average molecular weight is 424 g/mol. The van der Waals surface area contributed by atoms with E-state index in [9.17, 15) is 9.18 Å². The second-order valence-electron chi connectivity index (χ2n) is 8.17.